The number of halogens is 1. The summed E-state index contributed by atoms with van der Waals surface area (Å²) in [5.74, 6) is 0.891. The van der Waals surface area contributed by atoms with Gasteiger partial charge in [0.2, 0.25) is 0 Å². The van der Waals surface area contributed by atoms with Crippen LogP contribution in [0.4, 0.5) is 4.39 Å². The van der Waals surface area contributed by atoms with Crippen LogP contribution in [0, 0.1) is 11.7 Å². The van der Waals surface area contributed by atoms with Crippen molar-refractivity contribution < 1.29 is 9.13 Å². The molecule has 2 rings (SSSR count). The van der Waals surface area contributed by atoms with Crippen molar-refractivity contribution in [3.63, 3.8) is 0 Å². The molecule has 0 aliphatic heterocycles. The second kappa shape index (κ2) is 6.60. The van der Waals surface area contributed by atoms with Crippen LogP contribution < -0.4 is 10.1 Å². The Morgan fingerprint density at radius 1 is 1.24 bits per heavy atom. The van der Waals surface area contributed by atoms with Crippen molar-refractivity contribution in [1.82, 2.24) is 5.32 Å². The molecule has 3 heteroatoms. The molecule has 0 bridgehead atoms. The molecule has 2 nitrogen and oxygen atoms in total. The fraction of sp³-hybridized carbons (Fsp3) is 0.571. The Morgan fingerprint density at radius 2 is 2.00 bits per heavy atom. The minimum absolute atomic E-state index is 0.289. The van der Waals surface area contributed by atoms with Crippen molar-refractivity contribution in [2.45, 2.75) is 25.7 Å². The van der Waals surface area contributed by atoms with Gasteiger partial charge in [-0.3, -0.25) is 0 Å². The lowest BCUT2D eigenvalue weighted by Crippen LogP contribution is -2.26. The molecule has 0 amide bonds. The van der Waals surface area contributed by atoms with Crippen molar-refractivity contribution in [2.24, 2.45) is 5.92 Å². The van der Waals surface area contributed by atoms with Gasteiger partial charge in [-0.15, -0.1) is 0 Å². The topological polar surface area (TPSA) is 21.3 Å². The number of rotatable bonds is 6. The Kier molecular flexibility index (Phi) is 4.80. The maximum absolute atomic E-state index is 13.2. The average Bonchev–Trinajstić information content (AvgIpc) is 2.84. The first-order chi connectivity index (χ1) is 8.36. The van der Waals surface area contributed by atoms with Gasteiger partial charge >= 0.3 is 0 Å². The van der Waals surface area contributed by atoms with E-state index in [4.69, 9.17) is 4.74 Å². The SMILES string of the molecule is Fc1ccccc1OCCNCC1CCCC1. The molecule has 0 unspecified atom stereocenters. The van der Waals surface area contributed by atoms with Crippen molar-refractivity contribution >= 4 is 0 Å². The lowest BCUT2D eigenvalue weighted by molar-refractivity contribution is 0.294. The predicted molar refractivity (Wildman–Crippen MR) is 66.7 cm³/mol. The second-order valence-electron chi connectivity index (χ2n) is 4.63. The van der Waals surface area contributed by atoms with Crippen LogP contribution in [0.1, 0.15) is 25.7 Å². The van der Waals surface area contributed by atoms with Crippen LogP contribution >= 0.6 is 0 Å². The van der Waals surface area contributed by atoms with Gasteiger partial charge in [0, 0.05) is 6.54 Å². The summed E-state index contributed by atoms with van der Waals surface area (Å²) in [5.41, 5.74) is 0. The molecule has 1 saturated carbocycles. The summed E-state index contributed by atoms with van der Waals surface area (Å²) in [4.78, 5) is 0. The summed E-state index contributed by atoms with van der Waals surface area (Å²) < 4.78 is 18.6. The lowest BCUT2D eigenvalue weighted by atomic mass is 10.1. The second-order valence-corrected chi connectivity index (χ2v) is 4.63. The van der Waals surface area contributed by atoms with Crippen molar-refractivity contribution in [2.75, 3.05) is 19.7 Å². The molecule has 1 N–H and O–H groups in total. The Morgan fingerprint density at radius 3 is 2.76 bits per heavy atom. The highest BCUT2D eigenvalue weighted by Crippen LogP contribution is 2.23. The van der Waals surface area contributed by atoms with E-state index in [9.17, 15) is 4.39 Å². The molecular formula is C14H20FNO. The van der Waals surface area contributed by atoms with Crippen molar-refractivity contribution in [1.29, 1.82) is 0 Å². The number of nitrogens with one attached hydrogen (secondary N) is 1. The van der Waals surface area contributed by atoms with Crippen LogP contribution in [0.5, 0.6) is 5.75 Å². The van der Waals surface area contributed by atoms with Crippen LogP contribution in [0.25, 0.3) is 0 Å². The number of para-hydroxylation sites is 1. The third-order valence-electron chi connectivity index (χ3n) is 3.28. The maximum Gasteiger partial charge on any atom is 0.165 e. The van der Waals surface area contributed by atoms with E-state index in [0.29, 0.717) is 12.4 Å². The Labute approximate surface area is 102 Å². The minimum Gasteiger partial charge on any atom is -0.489 e. The zero-order valence-electron chi connectivity index (χ0n) is 10.1. The zero-order chi connectivity index (χ0) is 11.9. The fourth-order valence-corrected chi connectivity index (χ4v) is 2.32. The van der Waals surface area contributed by atoms with Gasteiger partial charge in [0.25, 0.3) is 0 Å². The summed E-state index contributed by atoms with van der Waals surface area (Å²) in [6.45, 7) is 2.37. The average molecular weight is 237 g/mol. The van der Waals surface area contributed by atoms with E-state index in [1.165, 1.54) is 31.7 Å². The third kappa shape index (κ3) is 4.00. The molecule has 1 aliphatic carbocycles. The fourth-order valence-electron chi connectivity index (χ4n) is 2.32. The third-order valence-corrected chi connectivity index (χ3v) is 3.28. The van der Waals surface area contributed by atoms with Gasteiger partial charge in [-0.25, -0.2) is 4.39 Å². The number of hydrogen-bond acceptors (Lipinski definition) is 2. The zero-order valence-corrected chi connectivity index (χ0v) is 10.1. The Bertz CT molecular complexity index is 337. The maximum atomic E-state index is 13.2. The van der Waals surface area contributed by atoms with Gasteiger partial charge in [-0.1, -0.05) is 25.0 Å². The van der Waals surface area contributed by atoms with E-state index in [0.717, 1.165) is 19.0 Å². The quantitative estimate of drug-likeness (QED) is 0.768. The Balaban J connectivity index is 1.58. The summed E-state index contributed by atoms with van der Waals surface area (Å²) >= 11 is 0. The van der Waals surface area contributed by atoms with Crippen LogP contribution in [0.3, 0.4) is 0 Å². The molecule has 1 fully saturated rings. The van der Waals surface area contributed by atoms with Gasteiger partial charge < -0.3 is 10.1 Å². The van der Waals surface area contributed by atoms with Crippen molar-refractivity contribution in [3.05, 3.63) is 30.1 Å². The lowest BCUT2D eigenvalue weighted by Gasteiger charge is -2.11. The molecule has 1 aromatic carbocycles. The van der Waals surface area contributed by atoms with Gasteiger partial charge in [0.1, 0.15) is 6.61 Å². The Hall–Kier alpha value is -1.09. The van der Waals surface area contributed by atoms with Gasteiger partial charge in [0.15, 0.2) is 11.6 Å². The number of ether oxygens (including phenoxy) is 1. The standard InChI is InChI=1S/C14H20FNO/c15-13-7-3-4-8-14(13)17-10-9-16-11-12-5-1-2-6-12/h3-4,7-8,12,16H,1-2,5-6,9-11H2. The van der Waals surface area contributed by atoms with E-state index < -0.39 is 0 Å². The van der Waals surface area contributed by atoms with Crippen LogP contribution in [-0.2, 0) is 0 Å². The van der Waals surface area contributed by atoms with Crippen LogP contribution in [0.15, 0.2) is 24.3 Å². The first-order valence-electron chi connectivity index (χ1n) is 6.44. The van der Waals surface area contributed by atoms with Gasteiger partial charge in [-0.05, 0) is 37.4 Å². The number of benzene rings is 1. The van der Waals surface area contributed by atoms with Gasteiger partial charge in [-0.2, -0.15) is 0 Å². The molecule has 0 spiro atoms. The van der Waals surface area contributed by atoms with E-state index in [2.05, 4.69) is 5.32 Å². The van der Waals surface area contributed by atoms with Crippen molar-refractivity contribution in [3.8, 4) is 5.75 Å². The molecule has 0 saturated heterocycles. The highest BCUT2D eigenvalue weighted by atomic mass is 19.1. The summed E-state index contributed by atoms with van der Waals surface area (Å²) in [7, 11) is 0. The molecular weight excluding hydrogens is 217 g/mol. The van der Waals surface area contributed by atoms with E-state index in [1.807, 2.05) is 0 Å². The summed E-state index contributed by atoms with van der Waals surface area (Å²) in [5, 5.41) is 3.37. The molecule has 1 aromatic rings. The largest absolute Gasteiger partial charge is 0.489 e. The minimum atomic E-state index is -0.289. The highest BCUT2D eigenvalue weighted by molar-refractivity contribution is 5.23. The number of hydrogen-bond donors (Lipinski definition) is 1. The van der Waals surface area contributed by atoms with Crippen LogP contribution in [0.2, 0.25) is 0 Å². The molecule has 1 aliphatic rings. The summed E-state index contributed by atoms with van der Waals surface area (Å²) in [6.07, 6.45) is 5.44. The molecule has 0 radical (unpaired) electrons. The van der Waals surface area contributed by atoms with E-state index >= 15 is 0 Å². The normalized spacial score (nSPS) is 16.3. The molecule has 94 valence electrons. The monoisotopic (exact) mass is 237 g/mol. The van der Waals surface area contributed by atoms with Crippen LogP contribution in [-0.4, -0.2) is 19.7 Å². The summed E-state index contributed by atoms with van der Waals surface area (Å²) in [6, 6.07) is 6.53. The first-order valence-corrected chi connectivity index (χ1v) is 6.44. The smallest absolute Gasteiger partial charge is 0.165 e. The highest BCUT2D eigenvalue weighted by Gasteiger charge is 2.13. The first kappa shape index (κ1) is 12.4. The predicted octanol–water partition coefficient (Wildman–Crippen LogP) is 2.98. The molecule has 0 atom stereocenters. The van der Waals surface area contributed by atoms with E-state index in [1.54, 1.807) is 18.2 Å². The molecule has 0 aromatic heterocycles. The van der Waals surface area contributed by atoms with E-state index in [-0.39, 0.29) is 5.82 Å². The molecule has 0 heterocycles. The van der Waals surface area contributed by atoms with Gasteiger partial charge in [0.05, 0.1) is 0 Å². The molecule has 17 heavy (non-hydrogen) atoms.